The van der Waals surface area contributed by atoms with E-state index in [4.69, 9.17) is 4.74 Å². The number of ether oxygens (including phenoxy) is 1. The van der Waals surface area contributed by atoms with E-state index in [1.165, 1.54) is 0 Å². The first-order chi connectivity index (χ1) is 9.63. The first-order valence-corrected chi connectivity index (χ1v) is 7.47. The predicted molar refractivity (Wildman–Crippen MR) is 72.9 cm³/mol. The summed E-state index contributed by atoms with van der Waals surface area (Å²) in [6, 6.07) is -0.140. The van der Waals surface area contributed by atoms with Crippen LogP contribution in [0.3, 0.4) is 0 Å². The summed E-state index contributed by atoms with van der Waals surface area (Å²) in [5.74, 6) is 0.191. The van der Waals surface area contributed by atoms with Gasteiger partial charge in [0.25, 0.3) is 0 Å². The van der Waals surface area contributed by atoms with Gasteiger partial charge in [-0.1, -0.05) is 0 Å². The van der Waals surface area contributed by atoms with E-state index in [-0.39, 0.29) is 36.5 Å². The van der Waals surface area contributed by atoms with E-state index in [2.05, 4.69) is 10.6 Å². The van der Waals surface area contributed by atoms with Crippen molar-refractivity contribution >= 4 is 11.8 Å². The third-order valence-corrected chi connectivity index (χ3v) is 3.86. The van der Waals surface area contributed by atoms with Gasteiger partial charge in [0.2, 0.25) is 11.8 Å². The fraction of sp³-hybridized carbons (Fsp3) is 0.857. The van der Waals surface area contributed by atoms with E-state index < -0.39 is 6.10 Å². The Balaban J connectivity index is 1.80. The van der Waals surface area contributed by atoms with Gasteiger partial charge in [-0.2, -0.15) is 0 Å². The Morgan fingerprint density at radius 2 is 2.00 bits per heavy atom. The summed E-state index contributed by atoms with van der Waals surface area (Å²) >= 11 is 0. The van der Waals surface area contributed by atoms with E-state index in [1.807, 2.05) is 6.92 Å². The van der Waals surface area contributed by atoms with Gasteiger partial charge in [-0.15, -0.1) is 0 Å². The van der Waals surface area contributed by atoms with Gasteiger partial charge < -0.3 is 20.5 Å². The third kappa shape index (κ3) is 4.18. The first kappa shape index (κ1) is 15.3. The molecule has 0 aromatic carbocycles. The highest BCUT2D eigenvalue weighted by atomic mass is 16.5. The van der Waals surface area contributed by atoms with Crippen LogP contribution in [0.5, 0.6) is 0 Å². The lowest BCUT2D eigenvalue weighted by molar-refractivity contribution is -0.136. The summed E-state index contributed by atoms with van der Waals surface area (Å²) in [5, 5.41) is 15.1. The monoisotopic (exact) mass is 284 g/mol. The zero-order valence-corrected chi connectivity index (χ0v) is 11.9. The number of nitrogens with one attached hydrogen (secondary N) is 2. The lowest BCUT2D eigenvalue weighted by atomic mass is 9.96. The molecule has 20 heavy (non-hydrogen) atoms. The van der Waals surface area contributed by atoms with Crippen molar-refractivity contribution in [3.8, 4) is 0 Å². The summed E-state index contributed by atoms with van der Waals surface area (Å²) in [5.41, 5.74) is 0. The normalized spacial score (nSPS) is 29.8. The van der Waals surface area contributed by atoms with Crippen LogP contribution in [0.2, 0.25) is 0 Å². The number of rotatable bonds is 6. The largest absolute Gasteiger partial charge is 0.394 e. The molecule has 1 aliphatic heterocycles. The SMILES string of the molecule is CCNC(=O)C[C@H]1CC[C@H](NC(=O)C2CC2)[C@@H](CO)O1. The van der Waals surface area contributed by atoms with Gasteiger partial charge in [0, 0.05) is 12.5 Å². The van der Waals surface area contributed by atoms with Crippen LogP contribution in [0.1, 0.15) is 39.0 Å². The van der Waals surface area contributed by atoms with Gasteiger partial charge in [0.1, 0.15) is 6.10 Å². The Bertz CT molecular complexity index is 357. The van der Waals surface area contributed by atoms with Gasteiger partial charge in [-0.3, -0.25) is 9.59 Å². The van der Waals surface area contributed by atoms with Gasteiger partial charge in [-0.05, 0) is 32.6 Å². The van der Waals surface area contributed by atoms with Crippen LogP contribution in [0.25, 0.3) is 0 Å². The highest BCUT2D eigenvalue weighted by molar-refractivity contribution is 5.81. The van der Waals surface area contributed by atoms with E-state index in [0.29, 0.717) is 13.0 Å². The number of hydrogen-bond donors (Lipinski definition) is 3. The average molecular weight is 284 g/mol. The van der Waals surface area contributed by atoms with Crippen LogP contribution in [0, 0.1) is 5.92 Å². The summed E-state index contributed by atoms with van der Waals surface area (Å²) in [7, 11) is 0. The molecular weight excluding hydrogens is 260 g/mol. The zero-order valence-electron chi connectivity index (χ0n) is 11.9. The molecule has 0 aromatic heterocycles. The second-order valence-corrected chi connectivity index (χ2v) is 5.60. The maximum absolute atomic E-state index is 11.8. The number of carbonyl (C=O) groups excluding carboxylic acids is 2. The molecule has 2 rings (SSSR count). The van der Waals surface area contributed by atoms with E-state index in [0.717, 1.165) is 25.7 Å². The van der Waals surface area contributed by atoms with Crippen LogP contribution in [0.15, 0.2) is 0 Å². The van der Waals surface area contributed by atoms with E-state index >= 15 is 0 Å². The molecule has 1 saturated heterocycles. The van der Waals surface area contributed by atoms with Crippen molar-refractivity contribution in [1.82, 2.24) is 10.6 Å². The lowest BCUT2D eigenvalue weighted by Gasteiger charge is -2.36. The predicted octanol–water partition coefficient (Wildman–Crippen LogP) is -0.0527. The number of amides is 2. The fourth-order valence-electron chi connectivity index (χ4n) is 2.57. The number of carbonyl (C=O) groups is 2. The maximum atomic E-state index is 11.8. The molecular formula is C14H24N2O4. The van der Waals surface area contributed by atoms with Gasteiger partial charge in [0.05, 0.1) is 25.2 Å². The fourth-order valence-corrected chi connectivity index (χ4v) is 2.57. The molecule has 0 spiro atoms. The molecule has 6 heteroatoms. The Labute approximate surface area is 119 Å². The highest BCUT2D eigenvalue weighted by Gasteiger charge is 2.36. The van der Waals surface area contributed by atoms with E-state index in [1.54, 1.807) is 0 Å². The Morgan fingerprint density at radius 3 is 2.60 bits per heavy atom. The number of hydrogen-bond acceptors (Lipinski definition) is 4. The van der Waals surface area contributed by atoms with Crippen LogP contribution in [-0.2, 0) is 14.3 Å². The zero-order chi connectivity index (χ0) is 14.5. The van der Waals surface area contributed by atoms with Crippen molar-refractivity contribution in [3.05, 3.63) is 0 Å². The molecule has 0 unspecified atom stereocenters. The molecule has 0 aromatic rings. The summed E-state index contributed by atoms with van der Waals surface area (Å²) in [6.45, 7) is 2.34. The molecule has 2 aliphatic rings. The van der Waals surface area contributed by atoms with Crippen molar-refractivity contribution in [2.75, 3.05) is 13.2 Å². The molecule has 2 amide bonds. The molecule has 1 heterocycles. The molecule has 3 N–H and O–H groups in total. The van der Waals surface area contributed by atoms with Crippen molar-refractivity contribution in [3.63, 3.8) is 0 Å². The topological polar surface area (TPSA) is 87.7 Å². The third-order valence-electron chi connectivity index (χ3n) is 3.86. The molecule has 6 nitrogen and oxygen atoms in total. The second kappa shape index (κ2) is 7.04. The Morgan fingerprint density at radius 1 is 1.25 bits per heavy atom. The maximum Gasteiger partial charge on any atom is 0.223 e. The van der Waals surface area contributed by atoms with Gasteiger partial charge in [0.15, 0.2) is 0 Å². The minimum absolute atomic E-state index is 0.0327. The summed E-state index contributed by atoms with van der Waals surface area (Å²) in [6.07, 6.45) is 3.12. The molecule has 1 aliphatic carbocycles. The standard InChI is InChI=1S/C14H24N2O4/c1-2-15-13(18)7-10-5-6-11(12(8-17)20-10)16-14(19)9-3-4-9/h9-12,17H,2-8H2,1H3,(H,15,18)(H,16,19)/t10-,11+,12-/m1/s1. The second-order valence-electron chi connectivity index (χ2n) is 5.60. The Kier molecular flexibility index (Phi) is 5.37. The van der Waals surface area contributed by atoms with Crippen molar-refractivity contribution in [2.45, 2.75) is 57.3 Å². The van der Waals surface area contributed by atoms with Crippen molar-refractivity contribution < 1.29 is 19.4 Å². The molecule has 3 atom stereocenters. The minimum Gasteiger partial charge on any atom is -0.394 e. The van der Waals surface area contributed by atoms with Crippen LogP contribution < -0.4 is 10.6 Å². The Hall–Kier alpha value is -1.14. The smallest absolute Gasteiger partial charge is 0.223 e. The van der Waals surface area contributed by atoms with Crippen LogP contribution >= 0.6 is 0 Å². The summed E-state index contributed by atoms with van der Waals surface area (Å²) < 4.78 is 5.74. The molecule has 1 saturated carbocycles. The first-order valence-electron chi connectivity index (χ1n) is 7.47. The minimum atomic E-state index is -0.411. The molecule has 2 fully saturated rings. The highest BCUT2D eigenvalue weighted by Crippen LogP contribution is 2.30. The van der Waals surface area contributed by atoms with Crippen molar-refractivity contribution in [2.24, 2.45) is 5.92 Å². The number of aliphatic hydroxyl groups is 1. The van der Waals surface area contributed by atoms with Gasteiger partial charge in [-0.25, -0.2) is 0 Å². The van der Waals surface area contributed by atoms with Crippen LogP contribution in [-0.4, -0.2) is 48.3 Å². The lowest BCUT2D eigenvalue weighted by Crippen LogP contribution is -2.51. The van der Waals surface area contributed by atoms with Crippen molar-refractivity contribution in [1.29, 1.82) is 0 Å². The molecule has 0 bridgehead atoms. The molecule has 114 valence electrons. The molecule has 0 radical (unpaired) electrons. The summed E-state index contributed by atoms with van der Waals surface area (Å²) in [4.78, 5) is 23.3. The quantitative estimate of drug-likeness (QED) is 0.638. The number of aliphatic hydroxyl groups excluding tert-OH is 1. The van der Waals surface area contributed by atoms with E-state index in [9.17, 15) is 14.7 Å². The van der Waals surface area contributed by atoms with Gasteiger partial charge >= 0.3 is 0 Å². The van der Waals surface area contributed by atoms with Crippen LogP contribution in [0.4, 0.5) is 0 Å². The average Bonchev–Trinajstić information content (AvgIpc) is 3.25.